The van der Waals surface area contributed by atoms with Crippen LogP contribution in [0.2, 0.25) is 0 Å². The van der Waals surface area contributed by atoms with E-state index < -0.39 is 35.5 Å². The van der Waals surface area contributed by atoms with Crippen LogP contribution in [0.25, 0.3) is 0 Å². The number of hydrogen-bond donors (Lipinski definition) is 3. The van der Waals surface area contributed by atoms with Gasteiger partial charge in [-0.1, -0.05) is 30.7 Å². The van der Waals surface area contributed by atoms with Crippen molar-refractivity contribution in [3.8, 4) is 5.75 Å². The molecule has 0 radical (unpaired) electrons. The van der Waals surface area contributed by atoms with Crippen LogP contribution in [0.15, 0.2) is 35.9 Å². The molecular formula is C31H44N4O7. The van der Waals surface area contributed by atoms with Gasteiger partial charge in [0.25, 0.3) is 0 Å². The van der Waals surface area contributed by atoms with Crippen LogP contribution in [0.4, 0.5) is 0 Å². The first kappa shape index (κ1) is 31.7. The number of rotatable bonds is 14. The standard InChI is InChI=1S/C31H44N4O7/c1-20-5-6-23(15-20)17-25(28(37)31(3)19-42-31)33-30(39)26(16-22-7-9-24(40-4)10-8-22)34-29(38)21(2)32-27(36)18-35-11-13-41-14-12-35/h7-10,15,20-21,25-26H,5-6,11-14,16-19H2,1-4H3,(H,32,36)(H,33,39)(H,34,38)/t20?,21?,25-,26-,31?/m0/s1. The van der Waals surface area contributed by atoms with E-state index >= 15 is 0 Å². The molecule has 2 saturated heterocycles. The Labute approximate surface area is 247 Å². The summed E-state index contributed by atoms with van der Waals surface area (Å²) < 4.78 is 16.0. The number of carbonyl (C=O) groups excluding carboxylic acids is 4. The summed E-state index contributed by atoms with van der Waals surface area (Å²) in [6.45, 7) is 8.37. The monoisotopic (exact) mass is 584 g/mol. The molecule has 1 aliphatic carbocycles. The molecule has 0 aromatic heterocycles. The molecule has 2 heterocycles. The third-order valence-electron chi connectivity index (χ3n) is 8.11. The van der Waals surface area contributed by atoms with Crippen LogP contribution in [0.5, 0.6) is 5.75 Å². The smallest absolute Gasteiger partial charge is 0.243 e. The van der Waals surface area contributed by atoms with Crippen LogP contribution >= 0.6 is 0 Å². The van der Waals surface area contributed by atoms with Crippen LogP contribution in [0, 0.1) is 5.92 Å². The molecule has 0 bridgehead atoms. The summed E-state index contributed by atoms with van der Waals surface area (Å²) in [6.07, 6.45) is 4.66. The zero-order valence-electron chi connectivity index (χ0n) is 25.1. The van der Waals surface area contributed by atoms with E-state index in [0.29, 0.717) is 51.0 Å². The molecule has 11 heteroatoms. The van der Waals surface area contributed by atoms with Gasteiger partial charge in [-0.05, 0) is 56.7 Å². The molecule has 11 nitrogen and oxygen atoms in total. The number of nitrogens with one attached hydrogen (secondary N) is 3. The lowest BCUT2D eigenvalue weighted by molar-refractivity contribution is -0.134. The Morgan fingerprint density at radius 1 is 1.02 bits per heavy atom. The average molecular weight is 585 g/mol. The minimum Gasteiger partial charge on any atom is -0.497 e. The molecule has 1 aromatic rings. The van der Waals surface area contributed by atoms with Crippen molar-refractivity contribution in [1.82, 2.24) is 20.9 Å². The molecule has 0 spiro atoms. The summed E-state index contributed by atoms with van der Waals surface area (Å²) in [5.74, 6) is -0.316. The maximum absolute atomic E-state index is 13.7. The second-order valence-corrected chi connectivity index (χ2v) is 11.8. The van der Waals surface area contributed by atoms with Crippen molar-refractivity contribution in [2.75, 3.05) is 46.6 Å². The number of methoxy groups -OCH3 is 1. The molecule has 230 valence electrons. The van der Waals surface area contributed by atoms with Crippen molar-refractivity contribution < 1.29 is 33.4 Å². The zero-order chi connectivity index (χ0) is 30.3. The number of Topliss-reactive ketones (excluding diaryl/α,β-unsaturated/α-hetero) is 1. The van der Waals surface area contributed by atoms with Crippen molar-refractivity contribution in [3.05, 3.63) is 41.5 Å². The molecule has 2 aliphatic heterocycles. The zero-order valence-corrected chi connectivity index (χ0v) is 25.1. The van der Waals surface area contributed by atoms with Crippen LogP contribution in [-0.4, -0.2) is 98.7 Å². The van der Waals surface area contributed by atoms with Gasteiger partial charge in [0.05, 0.1) is 39.5 Å². The Kier molecular flexibility index (Phi) is 10.7. The number of epoxide rings is 1. The highest BCUT2D eigenvalue weighted by Gasteiger charge is 2.50. The van der Waals surface area contributed by atoms with Crippen LogP contribution in [-0.2, 0) is 35.1 Å². The Morgan fingerprint density at radius 2 is 1.69 bits per heavy atom. The first-order valence-electron chi connectivity index (χ1n) is 14.8. The third-order valence-corrected chi connectivity index (χ3v) is 8.11. The quantitative estimate of drug-likeness (QED) is 0.219. The fourth-order valence-corrected chi connectivity index (χ4v) is 5.33. The molecule has 3 amide bonds. The van der Waals surface area contributed by atoms with Crippen LogP contribution in [0.1, 0.15) is 45.6 Å². The Bertz CT molecular complexity index is 1160. The van der Waals surface area contributed by atoms with Gasteiger partial charge in [0.15, 0.2) is 5.78 Å². The van der Waals surface area contributed by atoms with E-state index in [2.05, 4.69) is 29.0 Å². The third kappa shape index (κ3) is 8.86. The molecule has 3 aliphatic rings. The summed E-state index contributed by atoms with van der Waals surface area (Å²) in [6, 6.07) is 4.59. The Balaban J connectivity index is 1.45. The number of nitrogens with zero attached hydrogens (tertiary/aromatic N) is 1. The highest BCUT2D eigenvalue weighted by molar-refractivity contribution is 5.98. The fourth-order valence-electron chi connectivity index (χ4n) is 5.33. The summed E-state index contributed by atoms with van der Waals surface area (Å²) in [7, 11) is 1.57. The van der Waals surface area contributed by atoms with Gasteiger partial charge in [-0.15, -0.1) is 0 Å². The molecule has 1 aromatic carbocycles. The van der Waals surface area contributed by atoms with Crippen LogP contribution in [0.3, 0.4) is 0 Å². The van der Waals surface area contributed by atoms with Crippen molar-refractivity contribution in [2.45, 2.75) is 70.2 Å². The van der Waals surface area contributed by atoms with E-state index in [1.54, 1.807) is 33.1 Å². The topological polar surface area (TPSA) is 139 Å². The molecule has 4 rings (SSSR count). The van der Waals surface area contributed by atoms with Gasteiger partial charge in [0.2, 0.25) is 17.7 Å². The maximum atomic E-state index is 13.7. The van der Waals surface area contributed by atoms with Crippen molar-refractivity contribution in [1.29, 1.82) is 0 Å². The normalized spacial score (nSPS) is 24.1. The van der Waals surface area contributed by atoms with Gasteiger partial charge >= 0.3 is 0 Å². The first-order chi connectivity index (χ1) is 20.1. The largest absolute Gasteiger partial charge is 0.497 e. The molecule has 3 unspecified atom stereocenters. The van der Waals surface area contributed by atoms with E-state index in [9.17, 15) is 19.2 Å². The lowest BCUT2D eigenvalue weighted by atomic mass is 9.94. The van der Waals surface area contributed by atoms with E-state index in [4.69, 9.17) is 14.2 Å². The number of allylic oxidation sites excluding steroid dienone is 1. The molecule has 42 heavy (non-hydrogen) atoms. The summed E-state index contributed by atoms with van der Waals surface area (Å²) in [4.78, 5) is 54.9. The van der Waals surface area contributed by atoms with E-state index in [0.717, 1.165) is 24.0 Å². The number of benzene rings is 1. The molecule has 0 saturated carbocycles. The Hall–Kier alpha value is -3.28. The maximum Gasteiger partial charge on any atom is 0.243 e. The number of morpholine rings is 1. The molecule has 2 fully saturated rings. The lowest BCUT2D eigenvalue weighted by Crippen LogP contribution is -2.57. The molecule has 5 atom stereocenters. The molecular weight excluding hydrogens is 540 g/mol. The summed E-state index contributed by atoms with van der Waals surface area (Å²) >= 11 is 0. The lowest BCUT2D eigenvalue weighted by Gasteiger charge is -2.27. The summed E-state index contributed by atoms with van der Waals surface area (Å²) in [5.41, 5.74) is 1.03. The number of hydrogen-bond acceptors (Lipinski definition) is 8. The first-order valence-corrected chi connectivity index (χ1v) is 14.8. The fraction of sp³-hybridized carbons (Fsp3) is 0.613. The van der Waals surface area contributed by atoms with Gasteiger partial charge in [0.1, 0.15) is 23.4 Å². The van der Waals surface area contributed by atoms with Gasteiger partial charge in [-0.25, -0.2) is 0 Å². The van der Waals surface area contributed by atoms with Crippen LogP contribution < -0.4 is 20.7 Å². The van der Waals surface area contributed by atoms with E-state index in [-0.39, 0.29) is 24.7 Å². The van der Waals surface area contributed by atoms with E-state index in [1.165, 1.54) is 0 Å². The minimum atomic E-state index is -0.982. The second-order valence-electron chi connectivity index (χ2n) is 11.8. The highest BCUT2D eigenvalue weighted by Crippen LogP contribution is 2.32. The Morgan fingerprint density at radius 3 is 2.29 bits per heavy atom. The average Bonchev–Trinajstić information content (AvgIpc) is 3.60. The molecule has 3 N–H and O–H groups in total. The predicted octanol–water partition coefficient (Wildman–Crippen LogP) is 1.15. The minimum absolute atomic E-state index is 0.163. The number of ketones is 1. The van der Waals surface area contributed by atoms with Gasteiger partial charge in [-0.3, -0.25) is 24.1 Å². The summed E-state index contributed by atoms with van der Waals surface area (Å²) in [5, 5.41) is 8.48. The SMILES string of the molecule is COc1ccc(C[C@H](NC(=O)C(C)NC(=O)CN2CCOCC2)C(=O)N[C@@H](CC2=CC(C)CC2)C(=O)C2(C)CO2)cc1. The van der Waals surface area contributed by atoms with Gasteiger partial charge in [-0.2, -0.15) is 0 Å². The predicted molar refractivity (Wildman–Crippen MR) is 156 cm³/mol. The second kappa shape index (κ2) is 14.3. The number of carbonyl (C=O) groups is 4. The van der Waals surface area contributed by atoms with Gasteiger partial charge in [0, 0.05) is 19.5 Å². The van der Waals surface area contributed by atoms with Crippen molar-refractivity contribution in [2.24, 2.45) is 5.92 Å². The number of ether oxygens (including phenoxy) is 3. The number of amides is 3. The highest BCUT2D eigenvalue weighted by atomic mass is 16.6. The van der Waals surface area contributed by atoms with Gasteiger partial charge < -0.3 is 30.2 Å². The van der Waals surface area contributed by atoms with E-state index in [1.807, 2.05) is 17.0 Å². The van der Waals surface area contributed by atoms with Crippen molar-refractivity contribution in [3.63, 3.8) is 0 Å². The van der Waals surface area contributed by atoms with Crippen molar-refractivity contribution >= 4 is 23.5 Å².